The quantitative estimate of drug-likeness (QED) is 0.128. The molecule has 5 heterocycles. The number of H-pyrrole nitrogens is 2. The average Bonchev–Trinajstić information content (AvgIpc) is 0.966. The van der Waals surface area contributed by atoms with Gasteiger partial charge in [-0.05, 0) is 110 Å². The van der Waals surface area contributed by atoms with E-state index in [1.165, 1.54) is 0 Å². The van der Waals surface area contributed by atoms with Crippen LogP contribution >= 0.6 is 0 Å². The van der Waals surface area contributed by atoms with Crippen molar-refractivity contribution in [3.63, 3.8) is 0 Å². The fraction of sp³-hybridized carbons (Fsp3) is 0.0101. The van der Waals surface area contributed by atoms with Gasteiger partial charge in [-0.1, -0.05) is 322 Å². The van der Waals surface area contributed by atoms with Crippen LogP contribution in [-0.2, 0) is 0 Å². The minimum absolute atomic E-state index is 0.748. The minimum atomic E-state index is -0.748. The van der Waals surface area contributed by atoms with Crippen molar-refractivity contribution in [3.8, 4) is 66.8 Å². The first-order valence-electron chi connectivity index (χ1n) is 36.3. The van der Waals surface area contributed by atoms with Gasteiger partial charge in [-0.2, -0.15) is 5.12 Å². The number of aromatic amines is 2. The molecule has 2 N–H and O–H groups in total. The van der Waals surface area contributed by atoms with E-state index in [0.29, 0.717) is 0 Å². The molecule has 0 spiro atoms. The Hall–Kier alpha value is -14.1. The molecule has 0 radical (unpaired) electrons. The molecule has 21 rings (SSSR count). The van der Waals surface area contributed by atoms with Gasteiger partial charge in [-0.3, -0.25) is 5.01 Å². The van der Waals surface area contributed by atoms with Gasteiger partial charge in [-0.15, -0.1) is 0 Å². The maximum absolute atomic E-state index is 7.20. The van der Waals surface area contributed by atoms with E-state index in [4.69, 9.17) is 8.83 Å². The van der Waals surface area contributed by atoms with Crippen molar-refractivity contribution in [2.75, 3.05) is 15.1 Å². The van der Waals surface area contributed by atoms with Crippen LogP contribution in [0.15, 0.2) is 385 Å². The lowest BCUT2D eigenvalue weighted by molar-refractivity contribution is 0.655. The van der Waals surface area contributed by atoms with Crippen LogP contribution in [0, 0.1) is 0 Å². The lowest BCUT2D eigenvalue weighted by atomic mass is 9.76. The zero-order valence-electron chi connectivity index (χ0n) is 57.5. The van der Waals surface area contributed by atoms with Crippen molar-refractivity contribution in [2.45, 2.75) is 6.04 Å². The number of hydrogen-bond acceptors (Lipinski definition) is 5. The minimum Gasteiger partial charge on any atom is -0.456 e. The Balaban J connectivity index is 1.04. The number of nitrogens with one attached hydrogen (secondary N) is 2. The third-order valence-electron chi connectivity index (χ3n) is 21.6. The number of rotatable bonds is 12. The van der Waals surface area contributed by atoms with Crippen molar-refractivity contribution in [2.24, 2.45) is 0 Å². The molecule has 0 saturated carbocycles. The summed E-state index contributed by atoms with van der Waals surface area (Å²) in [5.41, 5.74) is 27.8. The fourth-order valence-corrected chi connectivity index (χ4v) is 17.2. The van der Waals surface area contributed by atoms with E-state index in [1.807, 2.05) is 0 Å². The Morgan fingerprint density at radius 1 is 0.264 bits per heavy atom. The molecule has 7 nitrogen and oxygen atoms in total. The Kier molecular flexibility index (Phi) is 14.2. The van der Waals surface area contributed by atoms with Crippen molar-refractivity contribution in [1.29, 1.82) is 0 Å². The largest absolute Gasteiger partial charge is 0.456 e. The lowest BCUT2D eigenvalue weighted by Crippen LogP contribution is -2.59. The van der Waals surface area contributed by atoms with Crippen LogP contribution in [-0.4, -0.2) is 9.97 Å². The molecule has 1 aliphatic rings. The van der Waals surface area contributed by atoms with Crippen molar-refractivity contribution < 1.29 is 8.83 Å². The highest BCUT2D eigenvalue weighted by molar-refractivity contribution is 6.22. The number of nitrogens with zero attached hydrogens (tertiary/aromatic N) is 3. The molecule has 1 atom stereocenters. The Bertz CT molecular complexity index is 6850. The predicted molar refractivity (Wildman–Crippen MR) is 442 cm³/mol. The first kappa shape index (κ1) is 60.6. The summed E-state index contributed by atoms with van der Waals surface area (Å²) in [5.74, 6) is 0. The SMILES string of the molecule is c1ccc(C2=C(c3c(-c4ccccc4)ccc(-c4ccccc4)c3-c3cccc4c3[nH]c3ccccc34)C(c3cccc4oc5ccccc5c34)N(c3ccccc3)N(c3c(-c4ccccc4-c4ccccc4)cccc3-c3cccc4c3[nH]c3ccccc34)N2c2cccc3oc4ccccc4c23)cc1. The summed E-state index contributed by atoms with van der Waals surface area (Å²) in [5, 5.41) is 16.3. The number of furan rings is 2. The van der Waals surface area contributed by atoms with Gasteiger partial charge < -0.3 is 18.8 Å². The summed E-state index contributed by atoms with van der Waals surface area (Å²) in [6.07, 6.45) is 0. The Morgan fingerprint density at radius 3 is 1.28 bits per heavy atom. The van der Waals surface area contributed by atoms with Gasteiger partial charge in [0.1, 0.15) is 28.4 Å². The first-order valence-corrected chi connectivity index (χ1v) is 36.3. The average molecular weight is 1360 g/mol. The molecule has 4 aromatic heterocycles. The van der Waals surface area contributed by atoms with E-state index >= 15 is 0 Å². The molecule has 0 fully saturated rings. The maximum Gasteiger partial charge on any atom is 0.137 e. The Morgan fingerprint density at radius 2 is 0.670 bits per heavy atom. The van der Waals surface area contributed by atoms with Gasteiger partial charge in [0.2, 0.25) is 0 Å². The number of benzene rings is 16. The number of hydrogen-bond donors (Lipinski definition) is 2. The monoisotopic (exact) mass is 1360 g/mol. The molecule has 1 unspecified atom stereocenters. The van der Waals surface area contributed by atoms with E-state index < -0.39 is 6.04 Å². The molecule has 0 amide bonds. The lowest BCUT2D eigenvalue weighted by Gasteiger charge is -2.55. The summed E-state index contributed by atoms with van der Waals surface area (Å²) in [4.78, 5) is 8.12. The van der Waals surface area contributed by atoms with Crippen LogP contribution < -0.4 is 15.1 Å². The van der Waals surface area contributed by atoms with Crippen LogP contribution in [0.25, 0.3) is 166 Å². The van der Waals surface area contributed by atoms with Crippen LogP contribution in [0.1, 0.15) is 22.7 Å². The van der Waals surface area contributed by atoms with Crippen LogP contribution in [0.5, 0.6) is 0 Å². The predicted octanol–water partition coefficient (Wildman–Crippen LogP) is 26.7. The van der Waals surface area contributed by atoms with Gasteiger partial charge in [0, 0.05) is 82.1 Å². The third-order valence-corrected chi connectivity index (χ3v) is 21.6. The topological polar surface area (TPSA) is 67.6 Å². The van der Waals surface area contributed by atoms with Gasteiger partial charge in [0.05, 0.1) is 39.2 Å². The normalized spacial score (nSPS) is 13.5. The number of aromatic nitrogens is 2. The van der Waals surface area contributed by atoms with Crippen LogP contribution in [0.4, 0.5) is 17.1 Å². The molecular weight excluding hydrogens is 1290 g/mol. The molecule has 106 heavy (non-hydrogen) atoms. The number of para-hydroxylation sites is 8. The maximum atomic E-state index is 7.20. The molecule has 498 valence electrons. The first-order chi connectivity index (χ1) is 52.7. The van der Waals surface area contributed by atoms with Gasteiger partial charge in [0.15, 0.2) is 0 Å². The van der Waals surface area contributed by atoms with E-state index in [2.05, 4.69) is 401 Å². The van der Waals surface area contributed by atoms with Crippen molar-refractivity contribution >= 4 is 116 Å². The molecular formula is C99H65N5O2. The molecule has 1 aliphatic heterocycles. The molecule has 16 aromatic carbocycles. The van der Waals surface area contributed by atoms with Gasteiger partial charge in [-0.25, -0.2) is 5.01 Å². The van der Waals surface area contributed by atoms with Crippen molar-refractivity contribution in [3.05, 3.63) is 393 Å². The number of hydrazine groups is 2. The summed E-state index contributed by atoms with van der Waals surface area (Å²) in [7, 11) is 0. The summed E-state index contributed by atoms with van der Waals surface area (Å²) in [6.45, 7) is 0. The van der Waals surface area contributed by atoms with E-state index in [1.54, 1.807) is 0 Å². The molecule has 20 aromatic rings. The fourth-order valence-electron chi connectivity index (χ4n) is 17.2. The second-order valence-corrected chi connectivity index (χ2v) is 27.4. The van der Waals surface area contributed by atoms with Crippen molar-refractivity contribution in [1.82, 2.24) is 9.97 Å². The van der Waals surface area contributed by atoms with E-state index in [-0.39, 0.29) is 0 Å². The smallest absolute Gasteiger partial charge is 0.137 e. The Labute approximate surface area is 611 Å². The standard InChI is InChI=1S/C99H65N5O2/c1-6-31-63(32-7-1)68-41-16-17-42-71(68)77-50-28-51-78(76-49-26-47-74-72-43-18-22-54-83(72)100-95(74)76)98(77)104-102(67-39-14-5-15-40-67)99(82-53-29-59-88-90(82)79-45-20-24-57-86(79)105-88)94(97(66-37-12-4-13-38-66)103(104)85-56-30-60-89-92(85)80-46-21-25-58-87(80)106-89)93-70(65-35-10-3-11-36-65)62-61-69(64-33-8-2-9-34-64)91(93)81-52-27-48-75-73-44-19-23-55-84(73)101-96(75)81/h1-62,99-101H. The summed E-state index contributed by atoms with van der Waals surface area (Å²) in [6, 6.07) is 137. The number of fused-ring (bicyclic) bond motifs is 12. The molecule has 0 aliphatic carbocycles. The third kappa shape index (κ3) is 9.60. The van der Waals surface area contributed by atoms with Gasteiger partial charge >= 0.3 is 0 Å². The second-order valence-electron chi connectivity index (χ2n) is 27.4. The van der Waals surface area contributed by atoms with Gasteiger partial charge in [0.25, 0.3) is 0 Å². The molecule has 0 bridgehead atoms. The van der Waals surface area contributed by atoms with Crippen LogP contribution in [0.2, 0.25) is 0 Å². The highest BCUT2D eigenvalue weighted by atomic mass is 16.3. The zero-order chi connectivity index (χ0) is 69.8. The highest BCUT2D eigenvalue weighted by Crippen LogP contribution is 2.61. The second kappa shape index (κ2) is 24.8. The molecule has 0 saturated heterocycles. The van der Waals surface area contributed by atoms with Crippen LogP contribution in [0.3, 0.4) is 0 Å². The molecule has 7 heteroatoms. The summed E-state index contributed by atoms with van der Waals surface area (Å²) < 4.78 is 14.4. The summed E-state index contributed by atoms with van der Waals surface area (Å²) >= 11 is 0. The van der Waals surface area contributed by atoms with E-state index in [0.717, 1.165) is 199 Å². The zero-order valence-corrected chi connectivity index (χ0v) is 57.5. The van der Waals surface area contributed by atoms with E-state index in [9.17, 15) is 0 Å². The number of anilines is 3. The highest BCUT2D eigenvalue weighted by Gasteiger charge is 2.48.